The van der Waals surface area contributed by atoms with Crippen molar-refractivity contribution in [3.63, 3.8) is 0 Å². The highest BCUT2D eigenvalue weighted by Gasteiger charge is 2.21. The molecule has 0 aromatic heterocycles. The summed E-state index contributed by atoms with van der Waals surface area (Å²) in [5.74, 6) is 5.01. The Morgan fingerprint density at radius 2 is 1.63 bits per heavy atom. The maximum atomic E-state index is 14.4. The largest absolute Gasteiger partial charge is 0.490 e. The maximum Gasteiger partial charge on any atom is 0.201 e. The average Bonchev–Trinajstić information content (AvgIpc) is 2.79. The smallest absolute Gasteiger partial charge is 0.201 e. The van der Waals surface area contributed by atoms with E-state index in [1.165, 1.54) is 23.3 Å². The SMILES string of the molecule is CCCCCOc1ccc(C#C[C@H]2CC[C@H](c3ccc(CC)cc3)CC2)c(F)c1F. The number of hydrogen-bond acceptors (Lipinski definition) is 1. The zero-order valence-electron chi connectivity index (χ0n) is 18.1. The van der Waals surface area contributed by atoms with Gasteiger partial charge in [0.1, 0.15) is 0 Å². The monoisotopic (exact) mass is 410 g/mol. The summed E-state index contributed by atoms with van der Waals surface area (Å²) in [6.45, 7) is 4.66. The van der Waals surface area contributed by atoms with Crippen LogP contribution in [0.3, 0.4) is 0 Å². The average molecular weight is 411 g/mol. The third-order valence-corrected chi connectivity index (χ3v) is 6.05. The molecule has 1 saturated carbocycles. The Labute approximate surface area is 179 Å². The van der Waals surface area contributed by atoms with E-state index in [9.17, 15) is 8.78 Å². The van der Waals surface area contributed by atoms with Crippen molar-refractivity contribution in [2.45, 2.75) is 71.1 Å². The summed E-state index contributed by atoms with van der Waals surface area (Å²) in [5.41, 5.74) is 2.89. The van der Waals surface area contributed by atoms with Crippen LogP contribution in [0.4, 0.5) is 8.78 Å². The van der Waals surface area contributed by atoms with Crippen LogP contribution in [0.2, 0.25) is 0 Å². The molecule has 0 amide bonds. The van der Waals surface area contributed by atoms with E-state index < -0.39 is 11.6 Å². The highest BCUT2D eigenvalue weighted by atomic mass is 19.2. The number of benzene rings is 2. The molecule has 0 heterocycles. The summed E-state index contributed by atoms with van der Waals surface area (Å²) in [4.78, 5) is 0. The third kappa shape index (κ3) is 5.85. The number of ether oxygens (including phenoxy) is 1. The Balaban J connectivity index is 1.56. The molecule has 0 saturated heterocycles. The van der Waals surface area contributed by atoms with E-state index in [2.05, 4.69) is 50.0 Å². The molecule has 0 unspecified atom stereocenters. The number of aryl methyl sites for hydroxylation is 1. The second-order valence-electron chi connectivity index (χ2n) is 8.21. The van der Waals surface area contributed by atoms with Gasteiger partial charge in [0, 0.05) is 5.92 Å². The second kappa shape index (κ2) is 11.2. The van der Waals surface area contributed by atoms with E-state index in [1.54, 1.807) is 0 Å². The van der Waals surface area contributed by atoms with Crippen LogP contribution in [0.1, 0.15) is 81.4 Å². The quantitative estimate of drug-likeness (QED) is 0.341. The molecule has 0 radical (unpaired) electrons. The molecular weight excluding hydrogens is 378 g/mol. The zero-order chi connectivity index (χ0) is 21.3. The van der Waals surface area contributed by atoms with Gasteiger partial charge in [0.2, 0.25) is 5.82 Å². The molecule has 0 aliphatic heterocycles. The predicted octanol–water partition coefficient (Wildman–Crippen LogP) is 7.42. The fourth-order valence-corrected chi connectivity index (χ4v) is 4.05. The Morgan fingerprint density at radius 3 is 2.30 bits per heavy atom. The summed E-state index contributed by atoms with van der Waals surface area (Å²) in [6, 6.07) is 12.0. The first-order chi connectivity index (χ1) is 14.6. The molecule has 0 spiro atoms. The standard InChI is InChI=1S/C27H32F2O/c1-3-5-6-19-30-25-18-17-24(26(28)27(25)29)16-11-21-9-14-23(15-10-21)22-12-7-20(4-2)8-13-22/h7-8,12-13,17-18,21,23H,3-6,9-10,14-15,19H2,1-2H3/t21-,23-. The van der Waals surface area contributed by atoms with Crippen molar-refractivity contribution >= 4 is 0 Å². The summed E-state index contributed by atoms with van der Waals surface area (Å²) in [6.07, 6.45) is 8.14. The molecule has 2 aromatic carbocycles. The lowest BCUT2D eigenvalue weighted by molar-refractivity contribution is 0.286. The van der Waals surface area contributed by atoms with Gasteiger partial charge in [0.15, 0.2) is 11.6 Å². The minimum absolute atomic E-state index is 0.0243. The molecule has 3 rings (SSSR count). The first-order valence-electron chi connectivity index (χ1n) is 11.3. The van der Waals surface area contributed by atoms with Gasteiger partial charge in [-0.1, -0.05) is 62.8 Å². The van der Waals surface area contributed by atoms with E-state index in [1.807, 2.05) is 0 Å². The fraction of sp³-hybridized carbons (Fsp3) is 0.481. The molecular formula is C27H32F2O. The number of unbranched alkanes of at least 4 members (excludes halogenated alkanes) is 2. The summed E-state index contributed by atoms with van der Waals surface area (Å²) in [5, 5.41) is 0. The van der Waals surface area contributed by atoms with Crippen LogP contribution >= 0.6 is 0 Å². The van der Waals surface area contributed by atoms with Crippen molar-refractivity contribution in [2.24, 2.45) is 5.92 Å². The van der Waals surface area contributed by atoms with Crippen molar-refractivity contribution in [1.29, 1.82) is 0 Å². The Morgan fingerprint density at radius 1 is 0.900 bits per heavy atom. The van der Waals surface area contributed by atoms with Crippen molar-refractivity contribution < 1.29 is 13.5 Å². The van der Waals surface area contributed by atoms with Gasteiger partial charge in [0.05, 0.1) is 12.2 Å². The topological polar surface area (TPSA) is 9.23 Å². The molecule has 1 fully saturated rings. The van der Waals surface area contributed by atoms with Crippen LogP contribution < -0.4 is 4.74 Å². The van der Waals surface area contributed by atoms with Crippen molar-refractivity contribution in [2.75, 3.05) is 6.61 Å². The summed E-state index contributed by atoms with van der Waals surface area (Å²) >= 11 is 0. The molecule has 0 bridgehead atoms. The van der Waals surface area contributed by atoms with Crippen LogP contribution in [0, 0.1) is 29.4 Å². The Bertz CT molecular complexity index is 868. The number of hydrogen-bond donors (Lipinski definition) is 0. The molecule has 2 aromatic rings. The molecule has 30 heavy (non-hydrogen) atoms. The van der Waals surface area contributed by atoms with Crippen LogP contribution in [-0.4, -0.2) is 6.61 Å². The number of rotatable bonds is 7. The summed E-state index contributed by atoms with van der Waals surface area (Å²) < 4.78 is 34.0. The molecule has 0 N–H and O–H groups in total. The first-order valence-corrected chi connectivity index (χ1v) is 11.3. The first kappa shape index (κ1) is 22.3. The van der Waals surface area contributed by atoms with Gasteiger partial charge in [-0.15, -0.1) is 0 Å². The van der Waals surface area contributed by atoms with Gasteiger partial charge in [-0.05, 0) is 67.7 Å². The Kier molecular flexibility index (Phi) is 8.31. The predicted molar refractivity (Wildman–Crippen MR) is 119 cm³/mol. The van der Waals surface area contributed by atoms with Gasteiger partial charge in [-0.2, -0.15) is 4.39 Å². The van der Waals surface area contributed by atoms with Gasteiger partial charge >= 0.3 is 0 Å². The highest BCUT2D eigenvalue weighted by Crippen LogP contribution is 2.35. The zero-order valence-corrected chi connectivity index (χ0v) is 18.1. The van der Waals surface area contributed by atoms with E-state index in [-0.39, 0.29) is 17.2 Å². The van der Waals surface area contributed by atoms with Gasteiger partial charge in [-0.3, -0.25) is 0 Å². The van der Waals surface area contributed by atoms with Gasteiger partial charge < -0.3 is 4.74 Å². The molecule has 0 atom stereocenters. The van der Waals surface area contributed by atoms with Gasteiger partial charge in [-0.25, -0.2) is 4.39 Å². The van der Waals surface area contributed by atoms with E-state index in [0.29, 0.717) is 12.5 Å². The minimum Gasteiger partial charge on any atom is -0.490 e. The molecule has 1 aliphatic carbocycles. The maximum absolute atomic E-state index is 14.4. The third-order valence-electron chi connectivity index (χ3n) is 6.05. The van der Waals surface area contributed by atoms with Crippen LogP contribution in [0.5, 0.6) is 5.75 Å². The Hall–Kier alpha value is -2.34. The lowest BCUT2D eigenvalue weighted by Crippen LogP contribution is -2.12. The van der Waals surface area contributed by atoms with Crippen molar-refractivity contribution in [3.8, 4) is 17.6 Å². The summed E-state index contributed by atoms with van der Waals surface area (Å²) in [7, 11) is 0. The van der Waals surface area contributed by atoms with E-state index in [4.69, 9.17) is 4.74 Å². The lowest BCUT2D eigenvalue weighted by Gasteiger charge is -2.26. The fourth-order valence-electron chi connectivity index (χ4n) is 4.05. The van der Waals surface area contributed by atoms with Crippen LogP contribution in [0.25, 0.3) is 0 Å². The van der Waals surface area contributed by atoms with Crippen molar-refractivity contribution in [1.82, 2.24) is 0 Å². The van der Waals surface area contributed by atoms with Crippen LogP contribution in [0.15, 0.2) is 36.4 Å². The van der Waals surface area contributed by atoms with E-state index >= 15 is 0 Å². The second-order valence-corrected chi connectivity index (χ2v) is 8.21. The van der Waals surface area contributed by atoms with Crippen LogP contribution in [-0.2, 0) is 6.42 Å². The van der Waals surface area contributed by atoms with Gasteiger partial charge in [0.25, 0.3) is 0 Å². The molecule has 1 nitrogen and oxygen atoms in total. The highest BCUT2D eigenvalue weighted by molar-refractivity contribution is 5.41. The lowest BCUT2D eigenvalue weighted by atomic mass is 9.79. The van der Waals surface area contributed by atoms with E-state index in [0.717, 1.165) is 51.4 Å². The molecule has 1 aliphatic rings. The molecule has 160 valence electrons. The normalized spacial score (nSPS) is 18.5. The minimum atomic E-state index is -0.933. The number of halogens is 2. The van der Waals surface area contributed by atoms with Crippen molar-refractivity contribution in [3.05, 3.63) is 64.7 Å². The molecule has 3 heteroatoms.